The molecule has 1 N–H and O–H groups in total. The van der Waals surface area contributed by atoms with Crippen molar-refractivity contribution in [2.24, 2.45) is 0 Å². The largest absolute Gasteiger partial charge is 0.405 e. The molecule has 2 rings (SSSR count). The van der Waals surface area contributed by atoms with Gasteiger partial charge in [-0.25, -0.2) is 8.42 Å². The summed E-state index contributed by atoms with van der Waals surface area (Å²) in [6.07, 6.45) is -3.02. The molecule has 1 fully saturated rings. The molecule has 23 heavy (non-hydrogen) atoms. The van der Waals surface area contributed by atoms with Crippen LogP contribution in [0.3, 0.4) is 0 Å². The molecule has 1 amide bonds. The highest BCUT2D eigenvalue weighted by Gasteiger charge is 2.30. The SMILES string of the molecule is O=C(NCC(F)(F)F)c1cc(S(=O)(=O)N2CCCC2)ccc1Br. The van der Waals surface area contributed by atoms with E-state index in [4.69, 9.17) is 0 Å². The Morgan fingerprint density at radius 3 is 2.43 bits per heavy atom. The van der Waals surface area contributed by atoms with Gasteiger partial charge in [-0.2, -0.15) is 17.5 Å². The van der Waals surface area contributed by atoms with E-state index in [0.717, 1.165) is 18.9 Å². The van der Waals surface area contributed by atoms with Gasteiger partial charge in [-0.1, -0.05) is 0 Å². The summed E-state index contributed by atoms with van der Waals surface area (Å²) < 4.78 is 62.9. The third kappa shape index (κ3) is 4.45. The van der Waals surface area contributed by atoms with Crippen molar-refractivity contribution >= 4 is 31.9 Å². The fraction of sp³-hybridized carbons (Fsp3) is 0.462. The number of carbonyl (C=O) groups excluding carboxylic acids is 1. The maximum atomic E-state index is 12.4. The van der Waals surface area contributed by atoms with Crippen molar-refractivity contribution in [3.05, 3.63) is 28.2 Å². The number of halogens is 4. The quantitative estimate of drug-likeness (QED) is 0.822. The lowest BCUT2D eigenvalue weighted by molar-refractivity contribution is -0.123. The second-order valence-corrected chi connectivity index (χ2v) is 7.84. The Labute approximate surface area is 140 Å². The first-order valence-electron chi connectivity index (χ1n) is 6.76. The number of benzene rings is 1. The molecule has 1 saturated heterocycles. The molecule has 0 radical (unpaired) electrons. The van der Waals surface area contributed by atoms with E-state index in [1.165, 1.54) is 16.4 Å². The minimum Gasteiger partial charge on any atom is -0.343 e. The summed E-state index contributed by atoms with van der Waals surface area (Å²) in [7, 11) is -3.74. The van der Waals surface area contributed by atoms with Crippen LogP contribution in [-0.2, 0) is 10.0 Å². The summed E-state index contributed by atoms with van der Waals surface area (Å²) >= 11 is 3.05. The summed E-state index contributed by atoms with van der Waals surface area (Å²) in [6, 6.07) is 3.74. The van der Waals surface area contributed by atoms with E-state index in [1.807, 2.05) is 0 Å². The van der Waals surface area contributed by atoms with E-state index >= 15 is 0 Å². The van der Waals surface area contributed by atoms with Crippen LogP contribution in [-0.4, -0.2) is 44.4 Å². The highest BCUT2D eigenvalue weighted by atomic mass is 79.9. The Hall–Kier alpha value is -1.13. The first kappa shape index (κ1) is 18.2. The lowest BCUT2D eigenvalue weighted by atomic mass is 10.2. The van der Waals surface area contributed by atoms with Gasteiger partial charge in [-0.3, -0.25) is 4.79 Å². The molecule has 1 aromatic rings. The van der Waals surface area contributed by atoms with Gasteiger partial charge in [0.25, 0.3) is 5.91 Å². The van der Waals surface area contributed by atoms with Crippen LogP contribution in [0.2, 0.25) is 0 Å². The van der Waals surface area contributed by atoms with Crippen molar-refractivity contribution < 1.29 is 26.4 Å². The number of rotatable bonds is 4. The first-order chi connectivity index (χ1) is 10.6. The maximum absolute atomic E-state index is 12.4. The Balaban J connectivity index is 2.27. The zero-order valence-electron chi connectivity index (χ0n) is 11.9. The molecule has 0 unspecified atom stereocenters. The summed E-state index contributed by atoms with van der Waals surface area (Å²) in [5.41, 5.74) is -0.158. The molecule has 10 heteroatoms. The van der Waals surface area contributed by atoms with Crippen LogP contribution in [0.1, 0.15) is 23.2 Å². The maximum Gasteiger partial charge on any atom is 0.405 e. The first-order valence-corrected chi connectivity index (χ1v) is 8.99. The van der Waals surface area contributed by atoms with E-state index in [-0.39, 0.29) is 14.9 Å². The average Bonchev–Trinajstić information content (AvgIpc) is 2.99. The van der Waals surface area contributed by atoms with Crippen molar-refractivity contribution in [2.45, 2.75) is 23.9 Å². The summed E-state index contributed by atoms with van der Waals surface area (Å²) in [4.78, 5) is 11.8. The standard InChI is InChI=1S/C13H14BrF3N2O3S/c14-11-4-3-9(23(21,22)19-5-1-2-6-19)7-10(11)12(20)18-8-13(15,16)17/h3-4,7H,1-2,5-6,8H2,(H,18,20). The van der Waals surface area contributed by atoms with E-state index in [1.54, 1.807) is 5.32 Å². The van der Waals surface area contributed by atoms with Crippen LogP contribution in [0.5, 0.6) is 0 Å². The van der Waals surface area contributed by atoms with Gasteiger partial charge in [-0.05, 0) is 47.0 Å². The minimum atomic E-state index is -4.54. The predicted octanol–water partition coefficient (Wildman–Crippen LogP) is 2.53. The highest BCUT2D eigenvalue weighted by Crippen LogP contribution is 2.25. The van der Waals surface area contributed by atoms with Gasteiger partial charge in [-0.15, -0.1) is 0 Å². The Kier molecular flexibility index (Phi) is 5.37. The van der Waals surface area contributed by atoms with Crippen molar-refractivity contribution in [2.75, 3.05) is 19.6 Å². The van der Waals surface area contributed by atoms with Crippen LogP contribution < -0.4 is 5.32 Å². The van der Waals surface area contributed by atoms with Crippen molar-refractivity contribution in [3.63, 3.8) is 0 Å². The van der Waals surface area contributed by atoms with Crippen LogP contribution in [0.15, 0.2) is 27.6 Å². The number of alkyl halides is 3. The molecule has 0 bridgehead atoms. The lowest BCUT2D eigenvalue weighted by Gasteiger charge is -2.16. The van der Waals surface area contributed by atoms with Crippen LogP contribution >= 0.6 is 15.9 Å². The molecular weight excluding hydrogens is 401 g/mol. The Bertz CT molecular complexity index is 701. The van der Waals surface area contributed by atoms with E-state index < -0.39 is 28.7 Å². The molecular formula is C13H14BrF3N2O3S. The molecule has 1 aliphatic heterocycles. The molecule has 0 aliphatic carbocycles. The van der Waals surface area contributed by atoms with Crippen molar-refractivity contribution in [1.29, 1.82) is 0 Å². The molecule has 0 saturated carbocycles. The monoisotopic (exact) mass is 414 g/mol. The van der Waals surface area contributed by atoms with Crippen LogP contribution in [0, 0.1) is 0 Å². The minimum absolute atomic E-state index is 0.111. The molecule has 1 aliphatic rings. The van der Waals surface area contributed by atoms with Gasteiger partial charge in [0.1, 0.15) is 6.54 Å². The van der Waals surface area contributed by atoms with E-state index in [2.05, 4.69) is 15.9 Å². The zero-order chi connectivity index (χ0) is 17.3. The molecule has 5 nitrogen and oxygen atoms in total. The second kappa shape index (κ2) is 6.78. The van der Waals surface area contributed by atoms with Gasteiger partial charge in [0.15, 0.2) is 0 Å². The predicted molar refractivity (Wildman–Crippen MR) is 80.5 cm³/mol. The third-order valence-electron chi connectivity index (χ3n) is 3.33. The zero-order valence-corrected chi connectivity index (χ0v) is 14.3. The van der Waals surface area contributed by atoms with Crippen LogP contribution in [0.4, 0.5) is 13.2 Å². The Morgan fingerprint density at radius 1 is 1.26 bits per heavy atom. The van der Waals surface area contributed by atoms with Gasteiger partial charge >= 0.3 is 6.18 Å². The van der Waals surface area contributed by atoms with Gasteiger partial charge in [0, 0.05) is 17.6 Å². The number of carbonyl (C=O) groups is 1. The van der Waals surface area contributed by atoms with Gasteiger partial charge in [0.2, 0.25) is 10.0 Å². The summed E-state index contributed by atoms with van der Waals surface area (Å²) in [6.45, 7) is -0.691. The normalized spacial score (nSPS) is 16.5. The third-order valence-corrected chi connectivity index (χ3v) is 5.92. The number of amides is 1. The fourth-order valence-corrected chi connectivity index (χ4v) is 4.16. The average molecular weight is 415 g/mol. The molecule has 0 aromatic heterocycles. The van der Waals surface area contributed by atoms with E-state index in [0.29, 0.717) is 13.1 Å². The van der Waals surface area contributed by atoms with Crippen molar-refractivity contribution in [3.8, 4) is 0 Å². The summed E-state index contributed by atoms with van der Waals surface area (Å²) in [5, 5.41) is 1.73. The second-order valence-electron chi connectivity index (χ2n) is 5.05. The molecule has 128 valence electrons. The van der Waals surface area contributed by atoms with Gasteiger partial charge < -0.3 is 5.32 Å². The number of hydrogen-bond acceptors (Lipinski definition) is 3. The van der Waals surface area contributed by atoms with Gasteiger partial charge in [0.05, 0.1) is 10.5 Å². The molecule has 0 spiro atoms. The number of nitrogens with zero attached hydrogens (tertiary/aromatic N) is 1. The van der Waals surface area contributed by atoms with Crippen molar-refractivity contribution in [1.82, 2.24) is 9.62 Å². The lowest BCUT2D eigenvalue weighted by Crippen LogP contribution is -2.34. The molecule has 1 heterocycles. The van der Waals surface area contributed by atoms with Crippen LogP contribution in [0.25, 0.3) is 0 Å². The molecule has 0 atom stereocenters. The number of sulfonamides is 1. The smallest absolute Gasteiger partial charge is 0.343 e. The van der Waals surface area contributed by atoms with E-state index in [9.17, 15) is 26.4 Å². The highest BCUT2D eigenvalue weighted by molar-refractivity contribution is 9.10. The molecule has 1 aromatic carbocycles. The topological polar surface area (TPSA) is 66.5 Å². The number of nitrogens with one attached hydrogen (secondary N) is 1. The Morgan fingerprint density at radius 2 is 1.87 bits per heavy atom. The summed E-state index contributed by atoms with van der Waals surface area (Å²) in [5.74, 6) is -0.993. The number of hydrogen-bond donors (Lipinski definition) is 1. The fourth-order valence-electron chi connectivity index (χ4n) is 2.19.